The third-order valence-electron chi connectivity index (χ3n) is 4.92. The van der Waals surface area contributed by atoms with Gasteiger partial charge in [0, 0.05) is 24.7 Å². The maximum atomic E-state index is 12.8. The summed E-state index contributed by atoms with van der Waals surface area (Å²) in [6, 6.07) is 7.31. The highest BCUT2D eigenvalue weighted by Crippen LogP contribution is 2.39. The molecule has 0 bridgehead atoms. The molecule has 1 N–H and O–H groups in total. The van der Waals surface area contributed by atoms with Gasteiger partial charge in [-0.3, -0.25) is 14.4 Å². The van der Waals surface area contributed by atoms with Gasteiger partial charge < -0.3 is 10.0 Å². The number of anilines is 2. The fourth-order valence-electron chi connectivity index (χ4n) is 3.61. The molecule has 0 fully saturated rings. The summed E-state index contributed by atoms with van der Waals surface area (Å²) in [5.74, 6) is 0.213. The van der Waals surface area contributed by atoms with Crippen LogP contribution in [0.25, 0.3) is 11.1 Å². The normalized spacial score (nSPS) is 15.9. The molecule has 0 saturated heterocycles. The van der Waals surface area contributed by atoms with Crippen molar-refractivity contribution in [2.24, 2.45) is 5.92 Å². The van der Waals surface area contributed by atoms with E-state index >= 15 is 0 Å². The van der Waals surface area contributed by atoms with Gasteiger partial charge in [0.1, 0.15) is 0 Å². The lowest BCUT2D eigenvalue weighted by Gasteiger charge is -2.40. The quantitative estimate of drug-likeness (QED) is 0.831. The summed E-state index contributed by atoms with van der Waals surface area (Å²) in [5.41, 5.74) is 2.74. The number of hydrogen-bond donors (Lipinski definition) is 1. The van der Waals surface area contributed by atoms with Crippen LogP contribution in [-0.4, -0.2) is 39.5 Å². The molecule has 0 unspecified atom stereocenters. The zero-order valence-electron chi connectivity index (χ0n) is 16.9. The van der Waals surface area contributed by atoms with Crippen LogP contribution in [0, 0.1) is 17.2 Å². The van der Waals surface area contributed by atoms with E-state index in [1.54, 1.807) is 27.9 Å². The Morgan fingerprint density at radius 1 is 1.31 bits per heavy atom. The zero-order valence-corrected chi connectivity index (χ0v) is 16.9. The number of aromatic nitrogens is 2. The van der Waals surface area contributed by atoms with Gasteiger partial charge in [0.15, 0.2) is 0 Å². The SMILES string of the molecule is CC(C)CC(=O)N1c2ccc(-c3cnn(CCC#N)c3)cc2N(C(=O)O)C[C@@H]1C. The summed E-state index contributed by atoms with van der Waals surface area (Å²) in [4.78, 5) is 27.7. The lowest BCUT2D eigenvalue weighted by atomic mass is 10.0. The number of carboxylic acid groups (broad SMARTS) is 1. The maximum absolute atomic E-state index is 12.8. The molecule has 0 saturated carbocycles. The van der Waals surface area contributed by atoms with Crippen LogP contribution < -0.4 is 9.80 Å². The third kappa shape index (κ3) is 4.24. The highest BCUT2D eigenvalue weighted by Gasteiger charge is 2.35. The van der Waals surface area contributed by atoms with Crippen molar-refractivity contribution >= 4 is 23.4 Å². The van der Waals surface area contributed by atoms with Crippen LogP contribution in [0.5, 0.6) is 0 Å². The molecular weight excluding hydrogens is 370 g/mol. The number of fused-ring (bicyclic) bond motifs is 1. The predicted molar refractivity (Wildman–Crippen MR) is 110 cm³/mol. The largest absolute Gasteiger partial charge is 0.465 e. The molecule has 2 amide bonds. The van der Waals surface area contributed by atoms with Gasteiger partial charge in [-0.25, -0.2) is 4.79 Å². The molecule has 1 aromatic carbocycles. The molecule has 0 spiro atoms. The van der Waals surface area contributed by atoms with Gasteiger partial charge in [-0.2, -0.15) is 10.4 Å². The third-order valence-corrected chi connectivity index (χ3v) is 4.92. The fraction of sp³-hybridized carbons (Fsp3) is 0.429. The second kappa shape index (κ2) is 8.35. The van der Waals surface area contributed by atoms with Crippen molar-refractivity contribution in [3.63, 3.8) is 0 Å². The van der Waals surface area contributed by atoms with Gasteiger partial charge in [-0.05, 0) is 30.5 Å². The molecule has 8 heteroatoms. The molecule has 0 aliphatic carbocycles. The number of amides is 2. The molecule has 3 rings (SSSR count). The van der Waals surface area contributed by atoms with Crippen LogP contribution in [0.3, 0.4) is 0 Å². The van der Waals surface area contributed by atoms with Gasteiger partial charge in [-0.15, -0.1) is 0 Å². The molecule has 29 heavy (non-hydrogen) atoms. The fourth-order valence-corrected chi connectivity index (χ4v) is 3.61. The van der Waals surface area contributed by atoms with E-state index in [1.165, 1.54) is 4.90 Å². The Morgan fingerprint density at radius 2 is 2.07 bits per heavy atom. The first-order valence-electron chi connectivity index (χ1n) is 9.68. The number of aryl methyl sites for hydroxylation is 1. The van der Waals surface area contributed by atoms with Gasteiger partial charge in [0.25, 0.3) is 0 Å². The molecule has 0 radical (unpaired) electrons. The van der Waals surface area contributed by atoms with Crippen LogP contribution in [0.2, 0.25) is 0 Å². The van der Waals surface area contributed by atoms with Crippen LogP contribution >= 0.6 is 0 Å². The van der Waals surface area contributed by atoms with E-state index in [1.807, 2.05) is 33.0 Å². The van der Waals surface area contributed by atoms with Gasteiger partial charge >= 0.3 is 6.09 Å². The van der Waals surface area contributed by atoms with Crippen molar-refractivity contribution in [3.05, 3.63) is 30.6 Å². The second-order valence-corrected chi connectivity index (χ2v) is 7.71. The first-order valence-corrected chi connectivity index (χ1v) is 9.68. The van der Waals surface area contributed by atoms with Crippen molar-refractivity contribution in [2.45, 2.75) is 46.2 Å². The van der Waals surface area contributed by atoms with E-state index in [4.69, 9.17) is 5.26 Å². The van der Waals surface area contributed by atoms with Crippen molar-refractivity contribution in [1.29, 1.82) is 5.26 Å². The first kappa shape index (κ1) is 20.4. The maximum Gasteiger partial charge on any atom is 0.411 e. The lowest BCUT2D eigenvalue weighted by molar-refractivity contribution is -0.119. The van der Waals surface area contributed by atoms with Crippen molar-refractivity contribution in [3.8, 4) is 17.2 Å². The van der Waals surface area contributed by atoms with Crippen molar-refractivity contribution in [2.75, 3.05) is 16.3 Å². The minimum absolute atomic E-state index is 0.00383. The summed E-state index contributed by atoms with van der Waals surface area (Å²) in [6.07, 6.45) is 3.25. The van der Waals surface area contributed by atoms with E-state index in [-0.39, 0.29) is 24.4 Å². The van der Waals surface area contributed by atoms with Crippen LogP contribution in [0.15, 0.2) is 30.6 Å². The molecule has 2 heterocycles. The van der Waals surface area contributed by atoms with Crippen LogP contribution in [0.4, 0.5) is 16.2 Å². The minimum Gasteiger partial charge on any atom is -0.465 e. The number of benzene rings is 1. The van der Waals surface area contributed by atoms with Gasteiger partial charge in [0.2, 0.25) is 5.91 Å². The smallest absolute Gasteiger partial charge is 0.411 e. The monoisotopic (exact) mass is 395 g/mol. The predicted octanol–water partition coefficient (Wildman–Crippen LogP) is 3.73. The Hall–Kier alpha value is -3.34. The minimum atomic E-state index is -1.05. The summed E-state index contributed by atoms with van der Waals surface area (Å²) >= 11 is 0. The molecule has 8 nitrogen and oxygen atoms in total. The Kier molecular flexibility index (Phi) is 5.87. The molecule has 1 aliphatic rings. The van der Waals surface area contributed by atoms with Gasteiger partial charge in [-0.1, -0.05) is 19.9 Å². The number of rotatable bonds is 5. The Balaban J connectivity index is 2.01. The van der Waals surface area contributed by atoms with Crippen molar-refractivity contribution < 1.29 is 14.7 Å². The summed E-state index contributed by atoms with van der Waals surface area (Å²) in [7, 11) is 0. The molecule has 2 aromatic rings. The molecule has 1 aromatic heterocycles. The van der Waals surface area contributed by atoms with E-state index < -0.39 is 6.09 Å². The zero-order chi connectivity index (χ0) is 21.1. The summed E-state index contributed by atoms with van der Waals surface area (Å²) in [6.45, 7) is 6.56. The van der Waals surface area contributed by atoms with Crippen LogP contribution in [0.1, 0.15) is 33.6 Å². The summed E-state index contributed by atoms with van der Waals surface area (Å²) < 4.78 is 1.69. The number of nitrogens with zero attached hydrogens (tertiary/aromatic N) is 5. The molecule has 1 atom stereocenters. The highest BCUT2D eigenvalue weighted by atomic mass is 16.4. The topological polar surface area (TPSA) is 102 Å². The van der Waals surface area contributed by atoms with E-state index in [9.17, 15) is 14.7 Å². The second-order valence-electron chi connectivity index (χ2n) is 7.71. The first-order chi connectivity index (χ1) is 13.8. The average molecular weight is 395 g/mol. The van der Waals surface area contributed by atoms with Gasteiger partial charge in [0.05, 0.1) is 42.6 Å². The lowest BCUT2D eigenvalue weighted by Crippen LogP contribution is -2.51. The Morgan fingerprint density at radius 3 is 2.72 bits per heavy atom. The summed E-state index contributed by atoms with van der Waals surface area (Å²) in [5, 5.41) is 22.7. The average Bonchev–Trinajstić information content (AvgIpc) is 3.13. The number of carbonyl (C=O) groups is 2. The van der Waals surface area contributed by atoms with Crippen molar-refractivity contribution in [1.82, 2.24) is 9.78 Å². The Labute approximate surface area is 169 Å². The molecule has 152 valence electrons. The number of carbonyl (C=O) groups excluding carboxylic acids is 1. The van der Waals surface area contributed by atoms with E-state index in [0.29, 0.717) is 30.8 Å². The number of nitriles is 1. The van der Waals surface area contributed by atoms with E-state index in [2.05, 4.69) is 11.2 Å². The standard InChI is InChI=1S/C21H25N5O3/c1-14(2)9-20(27)26-15(3)12-25(21(28)29)19-10-16(5-6-18(19)26)17-11-23-24(13-17)8-4-7-22/h5-6,10-11,13-15H,4,8-9,12H2,1-3H3,(H,28,29)/t15-/m0/s1. The Bertz CT molecular complexity index is 959. The highest BCUT2D eigenvalue weighted by molar-refractivity contribution is 6.03. The van der Waals surface area contributed by atoms with E-state index in [0.717, 1.165) is 11.1 Å². The number of hydrogen-bond acceptors (Lipinski definition) is 4. The van der Waals surface area contributed by atoms with Crippen LogP contribution in [-0.2, 0) is 11.3 Å². The molecular formula is C21H25N5O3. The molecule has 1 aliphatic heterocycles.